The average molecular weight is 380 g/mol. The Hall–Kier alpha value is -2.69. The lowest BCUT2D eigenvalue weighted by Crippen LogP contribution is -2.48. The lowest BCUT2D eigenvalue weighted by molar-refractivity contribution is -0.129. The van der Waals surface area contributed by atoms with Crippen molar-refractivity contribution in [3.05, 3.63) is 54.1 Å². The van der Waals surface area contributed by atoms with Gasteiger partial charge < -0.3 is 19.4 Å². The standard InChI is InChI=1S/C23H29N3O2/c1-19(27)24-13-15-26(16-14-24)22-17-21(25-11-5-6-12-25)9-10-23(22)28-18-20-7-3-2-4-8-20/h2-4,7-10,17H,5-6,11-16,18H2,1H3. The molecule has 0 atom stereocenters. The maximum atomic E-state index is 11.7. The molecule has 148 valence electrons. The molecule has 0 unspecified atom stereocenters. The SMILES string of the molecule is CC(=O)N1CCN(c2cc(N3CCCC3)ccc2OCc2ccccc2)CC1. The van der Waals surface area contributed by atoms with Crippen molar-refractivity contribution in [2.45, 2.75) is 26.4 Å². The Morgan fingerprint density at radius 2 is 1.61 bits per heavy atom. The zero-order valence-corrected chi connectivity index (χ0v) is 16.6. The molecule has 0 radical (unpaired) electrons. The number of nitrogens with zero attached hydrogens (tertiary/aromatic N) is 3. The maximum absolute atomic E-state index is 11.7. The van der Waals surface area contributed by atoms with Gasteiger partial charge in [-0.25, -0.2) is 0 Å². The quantitative estimate of drug-likeness (QED) is 0.796. The smallest absolute Gasteiger partial charge is 0.219 e. The van der Waals surface area contributed by atoms with Crippen LogP contribution in [0.2, 0.25) is 0 Å². The van der Waals surface area contributed by atoms with Crippen molar-refractivity contribution in [2.24, 2.45) is 0 Å². The summed E-state index contributed by atoms with van der Waals surface area (Å²) in [6.07, 6.45) is 2.53. The number of rotatable bonds is 5. The molecule has 2 fully saturated rings. The largest absolute Gasteiger partial charge is 0.487 e. The summed E-state index contributed by atoms with van der Waals surface area (Å²) in [7, 11) is 0. The molecule has 2 aliphatic heterocycles. The highest BCUT2D eigenvalue weighted by atomic mass is 16.5. The molecule has 0 aliphatic carbocycles. The topological polar surface area (TPSA) is 36.0 Å². The van der Waals surface area contributed by atoms with Crippen molar-refractivity contribution in [1.29, 1.82) is 0 Å². The van der Waals surface area contributed by atoms with E-state index in [2.05, 4.69) is 40.1 Å². The summed E-state index contributed by atoms with van der Waals surface area (Å²) in [4.78, 5) is 18.4. The van der Waals surface area contributed by atoms with E-state index in [-0.39, 0.29) is 5.91 Å². The van der Waals surface area contributed by atoms with E-state index in [4.69, 9.17) is 4.74 Å². The molecular formula is C23H29N3O2. The van der Waals surface area contributed by atoms with Crippen LogP contribution < -0.4 is 14.5 Å². The highest BCUT2D eigenvalue weighted by Crippen LogP contribution is 2.35. The van der Waals surface area contributed by atoms with E-state index in [0.29, 0.717) is 6.61 Å². The molecule has 2 aliphatic rings. The summed E-state index contributed by atoms with van der Waals surface area (Å²) in [6.45, 7) is 7.67. The molecule has 2 aromatic carbocycles. The fraction of sp³-hybridized carbons (Fsp3) is 0.435. The molecule has 0 spiro atoms. The number of hydrogen-bond acceptors (Lipinski definition) is 4. The molecule has 28 heavy (non-hydrogen) atoms. The predicted molar refractivity (Wildman–Crippen MR) is 113 cm³/mol. The van der Waals surface area contributed by atoms with Crippen LogP contribution in [0.3, 0.4) is 0 Å². The highest BCUT2D eigenvalue weighted by Gasteiger charge is 2.23. The van der Waals surface area contributed by atoms with Gasteiger partial charge in [-0.2, -0.15) is 0 Å². The molecule has 2 heterocycles. The summed E-state index contributed by atoms with van der Waals surface area (Å²) >= 11 is 0. The van der Waals surface area contributed by atoms with Crippen molar-refractivity contribution >= 4 is 17.3 Å². The Balaban J connectivity index is 1.55. The molecule has 2 saturated heterocycles. The van der Waals surface area contributed by atoms with Crippen LogP contribution in [0, 0.1) is 0 Å². The Labute approximate surface area is 167 Å². The van der Waals surface area contributed by atoms with Gasteiger partial charge in [0.15, 0.2) is 0 Å². The summed E-state index contributed by atoms with van der Waals surface area (Å²) in [5.74, 6) is 1.08. The van der Waals surface area contributed by atoms with E-state index in [9.17, 15) is 4.79 Å². The van der Waals surface area contributed by atoms with Crippen LogP contribution in [0.5, 0.6) is 5.75 Å². The van der Waals surface area contributed by atoms with E-state index in [1.165, 1.54) is 24.1 Å². The monoisotopic (exact) mass is 379 g/mol. The van der Waals surface area contributed by atoms with E-state index in [1.807, 2.05) is 23.1 Å². The lowest BCUT2D eigenvalue weighted by atomic mass is 10.2. The Morgan fingerprint density at radius 1 is 0.893 bits per heavy atom. The first-order valence-corrected chi connectivity index (χ1v) is 10.3. The van der Waals surface area contributed by atoms with Crippen LogP contribution in [0.1, 0.15) is 25.3 Å². The van der Waals surface area contributed by atoms with Crippen molar-refractivity contribution in [3.8, 4) is 5.75 Å². The van der Waals surface area contributed by atoms with Gasteiger partial charge in [0.1, 0.15) is 12.4 Å². The van der Waals surface area contributed by atoms with E-state index in [1.54, 1.807) is 6.92 Å². The molecule has 0 bridgehead atoms. The van der Waals surface area contributed by atoms with Crippen molar-refractivity contribution in [2.75, 3.05) is 49.1 Å². The third kappa shape index (κ3) is 4.24. The zero-order chi connectivity index (χ0) is 19.3. The van der Waals surface area contributed by atoms with Crippen LogP contribution in [-0.4, -0.2) is 50.1 Å². The number of anilines is 2. The third-order valence-electron chi connectivity index (χ3n) is 5.72. The summed E-state index contributed by atoms with van der Waals surface area (Å²) in [5.41, 5.74) is 3.58. The average Bonchev–Trinajstić information content (AvgIpc) is 3.28. The Bertz CT molecular complexity index is 795. The van der Waals surface area contributed by atoms with Crippen LogP contribution >= 0.6 is 0 Å². The van der Waals surface area contributed by atoms with Gasteiger partial charge in [-0.05, 0) is 36.6 Å². The van der Waals surface area contributed by atoms with Gasteiger partial charge in [0.05, 0.1) is 5.69 Å². The lowest BCUT2D eigenvalue weighted by Gasteiger charge is -2.36. The fourth-order valence-corrected chi connectivity index (χ4v) is 4.04. The predicted octanol–water partition coefficient (Wildman–Crippen LogP) is 3.53. The molecule has 1 amide bonds. The van der Waals surface area contributed by atoms with Gasteiger partial charge in [0, 0.05) is 51.9 Å². The van der Waals surface area contributed by atoms with E-state index >= 15 is 0 Å². The van der Waals surface area contributed by atoms with E-state index < -0.39 is 0 Å². The molecule has 5 heteroatoms. The molecule has 0 aromatic heterocycles. The van der Waals surface area contributed by atoms with Crippen LogP contribution in [0.25, 0.3) is 0 Å². The third-order valence-corrected chi connectivity index (χ3v) is 5.72. The van der Waals surface area contributed by atoms with Crippen LogP contribution in [0.4, 0.5) is 11.4 Å². The summed E-state index contributed by atoms with van der Waals surface area (Å²) in [6, 6.07) is 16.8. The minimum absolute atomic E-state index is 0.158. The molecule has 0 saturated carbocycles. The van der Waals surface area contributed by atoms with Crippen LogP contribution in [-0.2, 0) is 11.4 Å². The zero-order valence-electron chi connectivity index (χ0n) is 16.6. The second-order valence-corrected chi connectivity index (χ2v) is 7.61. The normalized spacial score (nSPS) is 17.1. The molecule has 2 aromatic rings. The number of carbonyl (C=O) groups excluding carboxylic acids is 1. The van der Waals surface area contributed by atoms with Gasteiger partial charge in [-0.3, -0.25) is 4.79 Å². The van der Waals surface area contributed by atoms with Crippen molar-refractivity contribution in [1.82, 2.24) is 4.90 Å². The van der Waals surface area contributed by atoms with Crippen molar-refractivity contribution in [3.63, 3.8) is 0 Å². The molecule has 5 nitrogen and oxygen atoms in total. The first kappa shape index (κ1) is 18.7. The number of carbonyl (C=O) groups is 1. The number of benzene rings is 2. The second-order valence-electron chi connectivity index (χ2n) is 7.61. The first-order valence-electron chi connectivity index (χ1n) is 10.3. The fourth-order valence-electron chi connectivity index (χ4n) is 4.04. The van der Waals surface area contributed by atoms with Gasteiger partial charge in [-0.15, -0.1) is 0 Å². The summed E-state index contributed by atoms with van der Waals surface area (Å²) < 4.78 is 6.23. The first-order chi connectivity index (χ1) is 13.7. The summed E-state index contributed by atoms with van der Waals surface area (Å²) in [5, 5.41) is 0. The number of hydrogen-bond donors (Lipinski definition) is 0. The van der Waals surface area contributed by atoms with E-state index in [0.717, 1.165) is 50.7 Å². The minimum Gasteiger partial charge on any atom is -0.487 e. The number of ether oxygens (including phenoxy) is 1. The van der Waals surface area contributed by atoms with Gasteiger partial charge in [0.2, 0.25) is 5.91 Å². The Morgan fingerprint density at radius 3 is 2.29 bits per heavy atom. The van der Waals surface area contributed by atoms with Gasteiger partial charge in [0.25, 0.3) is 0 Å². The molecule has 0 N–H and O–H groups in total. The Kier molecular flexibility index (Phi) is 5.70. The number of piperazine rings is 1. The van der Waals surface area contributed by atoms with Gasteiger partial charge >= 0.3 is 0 Å². The second kappa shape index (κ2) is 8.55. The van der Waals surface area contributed by atoms with Crippen molar-refractivity contribution < 1.29 is 9.53 Å². The van der Waals surface area contributed by atoms with Crippen LogP contribution in [0.15, 0.2) is 48.5 Å². The molecule has 4 rings (SSSR count). The molecular weight excluding hydrogens is 350 g/mol. The maximum Gasteiger partial charge on any atom is 0.219 e. The van der Waals surface area contributed by atoms with Gasteiger partial charge in [-0.1, -0.05) is 30.3 Å². The number of amides is 1. The minimum atomic E-state index is 0.158. The highest BCUT2D eigenvalue weighted by molar-refractivity contribution is 5.74.